The Morgan fingerprint density at radius 3 is 2.33 bits per heavy atom. The molecule has 1 aliphatic heterocycles. The van der Waals surface area contributed by atoms with Crippen molar-refractivity contribution in [2.24, 2.45) is 0 Å². The Bertz CT molecular complexity index is 425. The lowest BCUT2D eigenvalue weighted by Gasteiger charge is -2.45. The second kappa shape index (κ2) is 7.62. The predicted molar refractivity (Wildman–Crippen MR) is 92.1 cm³/mol. The standard InChI is InChI=1S/C18H29ClN2/c1-4-18(3,21-12-6-7-13-21)17(20-5-2)14-15-8-10-16(19)11-9-15/h8-11,17,20H,4-7,12-14H2,1-3H3. The van der Waals surface area contributed by atoms with Crippen LogP contribution in [0.4, 0.5) is 0 Å². The first-order valence-electron chi connectivity index (χ1n) is 8.33. The number of likely N-dealkylation sites (tertiary alicyclic amines) is 1. The van der Waals surface area contributed by atoms with Crippen molar-refractivity contribution < 1.29 is 0 Å². The molecule has 0 aromatic heterocycles. The average molecular weight is 309 g/mol. The van der Waals surface area contributed by atoms with Crippen molar-refractivity contribution >= 4 is 11.6 Å². The van der Waals surface area contributed by atoms with E-state index in [0.717, 1.165) is 18.0 Å². The van der Waals surface area contributed by atoms with Crippen LogP contribution in [-0.4, -0.2) is 36.1 Å². The van der Waals surface area contributed by atoms with Gasteiger partial charge in [0.1, 0.15) is 0 Å². The van der Waals surface area contributed by atoms with E-state index in [1.807, 2.05) is 12.1 Å². The molecular formula is C18H29ClN2. The molecule has 2 nitrogen and oxygen atoms in total. The second-order valence-electron chi connectivity index (χ2n) is 6.35. The van der Waals surface area contributed by atoms with Crippen LogP contribution in [0.15, 0.2) is 24.3 Å². The molecule has 0 aliphatic carbocycles. The summed E-state index contributed by atoms with van der Waals surface area (Å²) in [5.41, 5.74) is 1.59. The minimum atomic E-state index is 0.228. The summed E-state index contributed by atoms with van der Waals surface area (Å²) < 4.78 is 0. The topological polar surface area (TPSA) is 15.3 Å². The van der Waals surface area contributed by atoms with Crippen LogP contribution in [-0.2, 0) is 6.42 Å². The predicted octanol–water partition coefficient (Wildman–Crippen LogP) is 4.13. The second-order valence-corrected chi connectivity index (χ2v) is 6.78. The monoisotopic (exact) mass is 308 g/mol. The van der Waals surface area contributed by atoms with Gasteiger partial charge in [-0.15, -0.1) is 0 Å². The summed E-state index contributed by atoms with van der Waals surface area (Å²) in [7, 11) is 0. The Morgan fingerprint density at radius 1 is 1.19 bits per heavy atom. The Morgan fingerprint density at radius 2 is 1.81 bits per heavy atom. The van der Waals surface area contributed by atoms with E-state index in [2.05, 4.69) is 43.1 Å². The third-order valence-electron chi connectivity index (χ3n) is 5.10. The third-order valence-corrected chi connectivity index (χ3v) is 5.35. The highest BCUT2D eigenvalue weighted by atomic mass is 35.5. The Hall–Kier alpha value is -0.570. The lowest BCUT2D eigenvalue weighted by Crippen LogP contribution is -2.59. The molecule has 2 atom stereocenters. The fraction of sp³-hybridized carbons (Fsp3) is 0.667. The SMILES string of the molecule is CCNC(Cc1ccc(Cl)cc1)C(C)(CC)N1CCCC1. The fourth-order valence-corrected chi connectivity index (χ4v) is 3.66. The summed E-state index contributed by atoms with van der Waals surface area (Å²) in [6, 6.07) is 8.80. The van der Waals surface area contributed by atoms with Crippen molar-refractivity contribution in [3.05, 3.63) is 34.9 Å². The fourth-order valence-electron chi connectivity index (χ4n) is 3.53. The first-order chi connectivity index (χ1) is 10.1. The third kappa shape index (κ3) is 4.00. The van der Waals surface area contributed by atoms with Crippen LogP contribution >= 0.6 is 11.6 Å². The van der Waals surface area contributed by atoms with E-state index in [9.17, 15) is 0 Å². The normalized spacial score (nSPS) is 20.4. The molecule has 3 heteroatoms. The Kier molecular flexibility index (Phi) is 6.09. The van der Waals surface area contributed by atoms with Crippen molar-refractivity contribution in [3.63, 3.8) is 0 Å². The number of nitrogens with one attached hydrogen (secondary N) is 1. The van der Waals surface area contributed by atoms with E-state index < -0.39 is 0 Å². The number of likely N-dealkylation sites (N-methyl/N-ethyl adjacent to an activating group) is 1. The molecule has 1 fully saturated rings. The summed E-state index contributed by atoms with van der Waals surface area (Å²) in [4.78, 5) is 2.69. The molecule has 21 heavy (non-hydrogen) atoms. The van der Waals surface area contributed by atoms with E-state index in [0.29, 0.717) is 6.04 Å². The van der Waals surface area contributed by atoms with E-state index in [1.165, 1.54) is 37.9 Å². The van der Waals surface area contributed by atoms with Crippen molar-refractivity contribution in [2.75, 3.05) is 19.6 Å². The van der Waals surface area contributed by atoms with E-state index in [4.69, 9.17) is 11.6 Å². The van der Waals surface area contributed by atoms with Crippen LogP contribution < -0.4 is 5.32 Å². The van der Waals surface area contributed by atoms with E-state index >= 15 is 0 Å². The number of hydrogen-bond acceptors (Lipinski definition) is 2. The minimum absolute atomic E-state index is 0.228. The summed E-state index contributed by atoms with van der Waals surface area (Å²) in [6.45, 7) is 10.5. The van der Waals surface area contributed by atoms with Gasteiger partial charge in [-0.25, -0.2) is 0 Å². The van der Waals surface area contributed by atoms with E-state index in [-0.39, 0.29) is 5.54 Å². The number of hydrogen-bond donors (Lipinski definition) is 1. The first kappa shape index (κ1) is 16.8. The van der Waals surface area contributed by atoms with Crippen LogP contribution in [0.2, 0.25) is 5.02 Å². The largest absolute Gasteiger partial charge is 0.312 e. The van der Waals surface area contributed by atoms with Crippen LogP contribution in [0, 0.1) is 0 Å². The van der Waals surface area contributed by atoms with Crippen LogP contribution in [0.5, 0.6) is 0 Å². The van der Waals surface area contributed by atoms with Crippen LogP contribution in [0.3, 0.4) is 0 Å². The Balaban J connectivity index is 2.17. The lowest BCUT2D eigenvalue weighted by molar-refractivity contribution is 0.0847. The van der Waals surface area contributed by atoms with E-state index in [1.54, 1.807) is 0 Å². The van der Waals surface area contributed by atoms with Crippen LogP contribution in [0.1, 0.15) is 45.6 Å². The maximum atomic E-state index is 6.01. The smallest absolute Gasteiger partial charge is 0.0406 e. The molecule has 0 amide bonds. The van der Waals surface area contributed by atoms with Gasteiger partial charge in [-0.1, -0.05) is 37.6 Å². The van der Waals surface area contributed by atoms with Gasteiger partial charge in [0.15, 0.2) is 0 Å². The molecule has 0 saturated carbocycles. The summed E-state index contributed by atoms with van der Waals surface area (Å²) >= 11 is 6.01. The molecule has 2 rings (SSSR count). The molecule has 1 aromatic carbocycles. The average Bonchev–Trinajstić information content (AvgIpc) is 3.03. The minimum Gasteiger partial charge on any atom is -0.312 e. The van der Waals surface area contributed by atoms with Gasteiger partial charge in [0.2, 0.25) is 0 Å². The lowest BCUT2D eigenvalue weighted by atomic mass is 9.83. The highest BCUT2D eigenvalue weighted by Gasteiger charge is 2.38. The number of nitrogens with zero attached hydrogens (tertiary/aromatic N) is 1. The molecule has 1 aliphatic rings. The molecule has 1 heterocycles. The summed E-state index contributed by atoms with van der Waals surface area (Å²) in [5, 5.41) is 4.56. The summed E-state index contributed by atoms with van der Waals surface area (Å²) in [6.07, 6.45) is 4.93. The first-order valence-corrected chi connectivity index (χ1v) is 8.70. The molecule has 0 bridgehead atoms. The van der Waals surface area contributed by atoms with Crippen molar-refractivity contribution in [2.45, 2.75) is 58.0 Å². The zero-order valence-electron chi connectivity index (χ0n) is 13.7. The molecule has 0 spiro atoms. The molecule has 1 saturated heterocycles. The number of halogens is 1. The zero-order chi connectivity index (χ0) is 15.3. The van der Waals surface area contributed by atoms with Gasteiger partial charge in [-0.3, -0.25) is 4.90 Å². The molecule has 1 N–H and O–H groups in total. The number of rotatable bonds is 7. The molecule has 2 unspecified atom stereocenters. The highest BCUT2D eigenvalue weighted by Crippen LogP contribution is 2.30. The zero-order valence-corrected chi connectivity index (χ0v) is 14.4. The van der Waals surface area contributed by atoms with Gasteiger partial charge in [0.05, 0.1) is 0 Å². The van der Waals surface area contributed by atoms with Crippen LogP contribution in [0.25, 0.3) is 0 Å². The molecular weight excluding hydrogens is 280 g/mol. The Labute approximate surface area is 134 Å². The maximum absolute atomic E-state index is 6.01. The summed E-state index contributed by atoms with van der Waals surface area (Å²) in [5.74, 6) is 0. The van der Waals surface area contributed by atoms with Gasteiger partial charge in [0, 0.05) is 16.6 Å². The van der Waals surface area contributed by atoms with Gasteiger partial charge >= 0.3 is 0 Å². The number of benzene rings is 1. The molecule has 118 valence electrons. The van der Waals surface area contributed by atoms with Gasteiger partial charge in [0.25, 0.3) is 0 Å². The molecule has 0 radical (unpaired) electrons. The molecule has 1 aromatic rings. The van der Waals surface area contributed by atoms with Gasteiger partial charge < -0.3 is 5.32 Å². The van der Waals surface area contributed by atoms with Gasteiger partial charge in [-0.05, 0) is 69.9 Å². The maximum Gasteiger partial charge on any atom is 0.0406 e. The highest BCUT2D eigenvalue weighted by molar-refractivity contribution is 6.30. The van der Waals surface area contributed by atoms with Crippen molar-refractivity contribution in [1.29, 1.82) is 0 Å². The van der Waals surface area contributed by atoms with Crippen molar-refractivity contribution in [3.8, 4) is 0 Å². The van der Waals surface area contributed by atoms with Gasteiger partial charge in [-0.2, -0.15) is 0 Å². The van der Waals surface area contributed by atoms with Crippen molar-refractivity contribution in [1.82, 2.24) is 10.2 Å². The quantitative estimate of drug-likeness (QED) is 0.815.